The van der Waals surface area contributed by atoms with Gasteiger partial charge in [-0.25, -0.2) is 0 Å². The number of ether oxygens (including phenoxy) is 8. The van der Waals surface area contributed by atoms with Gasteiger partial charge < -0.3 is 37.9 Å². The van der Waals surface area contributed by atoms with Crippen LogP contribution in [0, 0.1) is 27.7 Å². The molecule has 0 spiro atoms. The minimum Gasteiger partial charge on any atom is -0.496 e. The molecular weight excluding hydrogens is 863 g/mol. The molecule has 8 aromatic rings. The van der Waals surface area contributed by atoms with Gasteiger partial charge in [-0.1, -0.05) is 72.8 Å². The fraction of sp³-hybridized carbons (Fsp3) is 0.214. The van der Waals surface area contributed by atoms with Crippen molar-refractivity contribution in [2.24, 2.45) is 0 Å². The van der Waals surface area contributed by atoms with Crippen molar-refractivity contribution in [2.75, 3.05) is 56.9 Å². The molecule has 0 atom stereocenters. The Kier molecular flexibility index (Phi) is 13.7. The van der Waals surface area contributed by atoms with Crippen molar-refractivity contribution >= 4 is 69.2 Å². The normalized spacial score (nSPS) is 11.3. The molecular formula is C56H56O8P2. The first kappa shape index (κ1) is 46.1. The number of methoxy groups -OCH3 is 8. The number of rotatable bonds is 15. The summed E-state index contributed by atoms with van der Waals surface area (Å²) in [6, 6.07) is 44.1. The molecule has 0 saturated carbocycles. The molecule has 0 fully saturated rings. The van der Waals surface area contributed by atoms with Crippen molar-refractivity contribution in [3.8, 4) is 57.1 Å². The van der Waals surface area contributed by atoms with Crippen LogP contribution in [0.4, 0.5) is 0 Å². The van der Waals surface area contributed by atoms with Crippen LogP contribution in [0.15, 0.2) is 121 Å². The number of hydrogen-bond donors (Lipinski definition) is 0. The summed E-state index contributed by atoms with van der Waals surface area (Å²) in [6.45, 7) is 8.55. The molecule has 0 unspecified atom stereocenters. The maximum Gasteiger partial charge on any atom is 0.203 e. The van der Waals surface area contributed by atoms with Crippen LogP contribution in [0.5, 0.6) is 46.0 Å². The molecule has 0 heterocycles. The first-order chi connectivity index (χ1) is 32.0. The molecule has 0 N–H and O–H groups in total. The van der Waals surface area contributed by atoms with Crippen molar-refractivity contribution in [3.05, 3.63) is 144 Å². The molecule has 0 aliphatic rings. The zero-order chi connectivity index (χ0) is 46.8. The summed E-state index contributed by atoms with van der Waals surface area (Å²) in [5.74, 6) is 5.04. The summed E-state index contributed by atoms with van der Waals surface area (Å²) in [5, 5.41) is 11.2. The highest BCUT2D eigenvalue weighted by atomic mass is 31.1. The van der Waals surface area contributed by atoms with Crippen LogP contribution in [0.2, 0.25) is 0 Å². The Morgan fingerprint density at radius 3 is 0.879 bits per heavy atom. The van der Waals surface area contributed by atoms with Crippen molar-refractivity contribution < 1.29 is 37.9 Å². The zero-order valence-corrected chi connectivity index (χ0v) is 41.5. The van der Waals surface area contributed by atoms with Crippen molar-refractivity contribution in [3.63, 3.8) is 0 Å². The van der Waals surface area contributed by atoms with Crippen LogP contribution in [0.25, 0.3) is 32.7 Å². The Morgan fingerprint density at radius 1 is 0.303 bits per heavy atom. The molecule has 8 aromatic carbocycles. The standard InChI is InChI=1S/C56H56O8P2/c1-33-25-39(26-34(2)53(33)61-9)65(40-27-35(3)54(62-10)36(4)28-40)49-23-21-37-17-13-15-19-43(37)51(49)52-44-20-16-14-18-38(44)22-24-50(52)66(41-29-45(57-5)55(63-11)46(30-41)58-6)42-31-47(59-7)56(64-12)48(32-42)60-8/h13-32H,1-12H3. The van der Waals surface area contributed by atoms with Gasteiger partial charge in [-0.2, -0.15) is 0 Å². The summed E-state index contributed by atoms with van der Waals surface area (Å²) < 4.78 is 47.9. The fourth-order valence-corrected chi connectivity index (χ4v) is 14.8. The zero-order valence-electron chi connectivity index (χ0n) is 39.7. The van der Waals surface area contributed by atoms with Gasteiger partial charge in [0, 0.05) is 0 Å². The van der Waals surface area contributed by atoms with Gasteiger partial charge in [-0.15, -0.1) is 0 Å². The summed E-state index contributed by atoms with van der Waals surface area (Å²) in [4.78, 5) is 0. The Hall–Kier alpha value is -6.46. The molecule has 66 heavy (non-hydrogen) atoms. The number of fused-ring (bicyclic) bond motifs is 2. The van der Waals surface area contributed by atoms with E-state index in [1.54, 1.807) is 56.9 Å². The molecule has 10 heteroatoms. The molecule has 338 valence electrons. The molecule has 0 bridgehead atoms. The Bertz CT molecular complexity index is 2890. The smallest absolute Gasteiger partial charge is 0.203 e. The Morgan fingerprint density at radius 2 is 0.591 bits per heavy atom. The third-order valence-corrected chi connectivity index (χ3v) is 17.0. The SMILES string of the molecule is COc1cc(P(c2cc(OC)c(OC)c(OC)c2)c2ccc3ccccc3c2-c2c(P(c3cc(C)c(OC)c(C)c3)c3cc(C)c(OC)c(C)c3)ccc3ccccc23)cc(OC)c1OC. The van der Waals surface area contributed by atoms with E-state index in [0.29, 0.717) is 34.5 Å². The number of benzene rings is 8. The molecule has 0 aliphatic heterocycles. The van der Waals surface area contributed by atoms with Gasteiger partial charge in [0.2, 0.25) is 11.5 Å². The van der Waals surface area contributed by atoms with Crippen LogP contribution in [0.3, 0.4) is 0 Å². The average Bonchev–Trinajstić information content (AvgIpc) is 3.33. The molecule has 0 amide bonds. The average molecular weight is 919 g/mol. The highest BCUT2D eigenvalue weighted by molar-refractivity contribution is 7.81. The van der Waals surface area contributed by atoms with Gasteiger partial charge in [0.25, 0.3) is 0 Å². The van der Waals surface area contributed by atoms with Crippen molar-refractivity contribution in [1.82, 2.24) is 0 Å². The lowest BCUT2D eigenvalue weighted by atomic mass is 9.93. The Labute approximate surface area is 390 Å². The highest BCUT2D eigenvalue weighted by Crippen LogP contribution is 2.50. The molecule has 0 aromatic heterocycles. The van der Waals surface area contributed by atoms with Crippen molar-refractivity contribution in [2.45, 2.75) is 27.7 Å². The van der Waals surface area contributed by atoms with Crippen LogP contribution >= 0.6 is 15.8 Å². The lowest BCUT2D eigenvalue weighted by molar-refractivity contribution is 0.325. The van der Waals surface area contributed by atoms with Crippen molar-refractivity contribution in [1.29, 1.82) is 0 Å². The number of aryl methyl sites for hydroxylation is 4. The minimum atomic E-state index is -1.47. The lowest BCUT2D eigenvalue weighted by Gasteiger charge is -2.30. The van der Waals surface area contributed by atoms with Crippen LogP contribution in [0.1, 0.15) is 22.3 Å². The summed E-state index contributed by atoms with van der Waals surface area (Å²) in [6.07, 6.45) is 0. The van der Waals surface area contributed by atoms with Gasteiger partial charge >= 0.3 is 0 Å². The van der Waals surface area contributed by atoms with Crippen LogP contribution in [-0.4, -0.2) is 56.9 Å². The molecule has 0 aliphatic carbocycles. The van der Waals surface area contributed by atoms with Gasteiger partial charge in [0.05, 0.1) is 56.9 Å². The third kappa shape index (κ3) is 8.23. The van der Waals surface area contributed by atoms with Crippen LogP contribution < -0.4 is 69.7 Å². The summed E-state index contributed by atoms with van der Waals surface area (Å²) in [7, 11) is 10.7. The largest absolute Gasteiger partial charge is 0.496 e. The van der Waals surface area contributed by atoms with E-state index in [4.69, 9.17) is 37.9 Å². The molecule has 0 radical (unpaired) electrons. The quantitative estimate of drug-likeness (QED) is 0.0942. The summed E-state index contributed by atoms with van der Waals surface area (Å²) >= 11 is 0. The minimum absolute atomic E-state index is 0.513. The van der Waals surface area contributed by atoms with E-state index in [0.717, 1.165) is 82.3 Å². The van der Waals surface area contributed by atoms with Gasteiger partial charge in [0.1, 0.15) is 11.5 Å². The van der Waals surface area contributed by atoms with E-state index in [9.17, 15) is 0 Å². The van der Waals surface area contributed by atoms with E-state index in [-0.39, 0.29) is 0 Å². The van der Waals surface area contributed by atoms with E-state index >= 15 is 0 Å². The second-order valence-corrected chi connectivity index (χ2v) is 20.4. The van der Waals surface area contributed by atoms with E-state index < -0.39 is 15.8 Å². The second-order valence-electron chi connectivity index (χ2n) is 16.0. The molecule has 8 nitrogen and oxygen atoms in total. The number of hydrogen-bond acceptors (Lipinski definition) is 8. The highest BCUT2D eigenvalue weighted by Gasteiger charge is 2.32. The fourth-order valence-electron chi connectivity index (χ4n) is 9.42. The first-order valence-electron chi connectivity index (χ1n) is 21.6. The topological polar surface area (TPSA) is 73.8 Å². The Balaban J connectivity index is 1.58. The molecule has 8 rings (SSSR count). The van der Waals surface area contributed by atoms with Crippen LogP contribution in [-0.2, 0) is 0 Å². The molecule has 0 saturated heterocycles. The van der Waals surface area contributed by atoms with Gasteiger partial charge in [-0.3, -0.25) is 0 Å². The van der Waals surface area contributed by atoms with E-state index in [1.165, 1.54) is 15.9 Å². The lowest BCUT2D eigenvalue weighted by Crippen LogP contribution is -2.27. The third-order valence-electron chi connectivity index (χ3n) is 12.2. The monoisotopic (exact) mass is 918 g/mol. The first-order valence-corrected chi connectivity index (χ1v) is 24.3. The predicted octanol–water partition coefficient (Wildman–Crippen LogP) is 10.5. The van der Waals surface area contributed by atoms with Gasteiger partial charge in [-0.05, 0) is 179 Å². The maximum absolute atomic E-state index is 6.05. The summed E-state index contributed by atoms with van der Waals surface area (Å²) in [5.41, 5.74) is 6.64. The van der Waals surface area contributed by atoms with Gasteiger partial charge in [0.15, 0.2) is 23.0 Å². The maximum atomic E-state index is 6.05. The van der Waals surface area contributed by atoms with E-state index in [2.05, 4.69) is 149 Å². The van der Waals surface area contributed by atoms with E-state index in [1.807, 2.05) is 0 Å². The second kappa shape index (κ2) is 19.6. The predicted molar refractivity (Wildman–Crippen MR) is 276 cm³/mol.